The molecule has 0 fully saturated rings. The summed E-state index contributed by atoms with van der Waals surface area (Å²) in [6, 6.07) is 0. The lowest BCUT2D eigenvalue weighted by Gasteiger charge is -2.06. The zero-order chi connectivity index (χ0) is 25.2. The molecule has 0 N–H and O–H groups in total. The van der Waals surface area contributed by atoms with Crippen molar-refractivity contribution in [3.8, 4) is 0 Å². The third-order valence-electron chi connectivity index (χ3n) is 7.82. The van der Waals surface area contributed by atoms with Gasteiger partial charge < -0.3 is 0 Å². The van der Waals surface area contributed by atoms with E-state index >= 15 is 0 Å². The smallest absolute Gasteiger partial charge is 0.234 e. The van der Waals surface area contributed by atoms with Crippen LogP contribution >= 0.6 is 0 Å². The molecule has 1 aromatic rings. The Morgan fingerprint density at radius 3 is 1.31 bits per heavy atom. The van der Waals surface area contributed by atoms with Gasteiger partial charge in [0.15, 0.2) is 0 Å². The Kier molecular flexibility index (Phi) is 22.9. The molecule has 0 spiro atoms. The van der Waals surface area contributed by atoms with Gasteiger partial charge in [0.1, 0.15) is 12.4 Å². The van der Waals surface area contributed by atoms with E-state index in [9.17, 15) is 0 Å². The highest BCUT2D eigenvalue weighted by Gasteiger charge is 2.15. The highest BCUT2D eigenvalue weighted by molar-refractivity contribution is 4.84. The largest absolute Gasteiger partial charge is 0.256 e. The molecule has 0 aliphatic carbocycles. The van der Waals surface area contributed by atoms with E-state index in [1.54, 1.807) is 5.82 Å². The second-order valence-corrected chi connectivity index (χ2v) is 11.3. The quantitative estimate of drug-likeness (QED) is 0.0858. The van der Waals surface area contributed by atoms with Gasteiger partial charge in [0.25, 0.3) is 5.82 Å². The minimum atomic E-state index is 1.22. The molecular formula is C33H65N2+. The molecule has 2 nitrogen and oxygen atoms in total. The Bertz CT molecular complexity index is 547. The third kappa shape index (κ3) is 18.2. The lowest BCUT2D eigenvalue weighted by Crippen LogP contribution is -2.37. The van der Waals surface area contributed by atoms with E-state index in [-0.39, 0.29) is 0 Å². The van der Waals surface area contributed by atoms with Crippen molar-refractivity contribution in [1.82, 2.24) is 4.57 Å². The number of aromatic nitrogens is 2. The van der Waals surface area contributed by atoms with Crippen molar-refractivity contribution >= 4 is 0 Å². The summed E-state index contributed by atoms with van der Waals surface area (Å²) in [5.41, 5.74) is 0. The van der Waals surface area contributed by atoms with Gasteiger partial charge in [0.2, 0.25) is 0 Å². The summed E-state index contributed by atoms with van der Waals surface area (Å²) in [5.74, 6) is 1.57. The van der Waals surface area contributed by atoms with Crippen LogP contribution in [-0.2, 0) is 19.5 Å². The lowest BCUT2D eigenvalue weighted by atomic mass is 10.1. The van der Waals surface area contributed by atoms with Gasteiger partial charge in [-0.3, -0.25) is 0 Å². The molecule has 1 aromatic heterocycles. The molecule has 0 saturated carbocycles. The van der Waals surface area contributed by atoms with Crippen LogP contribution in [0, 0.1) is 0 Å². The molecular weight excluding hydrogens is 424 g/mol. The Balaban J connectivity index is 2.08. The normalized spacial score (nSPS) is 11.5. The van der Waals surface area contributed by atoms with Gasteiger partial charge in [0.05, 0.1) is 13.1 Å². The molecule has 0 bridgehead atoms. The van der Waals surface area contributed by atoms with Gasteiger partial charge in [0, 0.05) is 6.42 Å². The van der Waals surface area contributed by atoms with Crippen molar-refractivity contribution < 1.29 is 4.57 Å². The predicted molar refractivity (Wildman–Crippen MR) is 156 cm³/mol. The van der Waals surface area contributed by atoms with Crippen molar-refractivity contribution in [2.24, 2.45) is 0 Å². The average Bonchev–Trinajstić information content (AvgIpc) is 3.24. The Morgan fingerprint density at radius 2 is 0.886 bits per heavy atom. The van der Waals surface area contributed by atoms with Gasteiger partial charge in [-0.25, -0.2) is 9.13 Å². The van der Waals surface area contributed by atoms with Crippen LogP contribution in [0.5, 0.6) is 0 Å². The van der Waals surface area contributed by atoms with Crippen molar-refractivity contribution in [2.45, 2.75) is 194 Å². The van der Waals surface area contributed by atoms with Crippen molar-refractivity contribution in [3.63, 3.8) is 0 Å². The van der Waals surface area contributed by atoms with E-state index < -0.39 is 0 Å². The van der Waals surface area contributed by atoms with E-state index in [0.29, 0.717) is 0 Å². The van der Waals surface area contributed by atoms with Crippen LogP contribution in [0.3, 0.4) is 0 Å². The molecule has 0 saturated heterocycles. The maximum Gasteiger partial charge on any atom is 0.256 e. The first-order valence-corrected chi connectivity index (χ1v) is 16.4. The topological polar surface area (TPSA) is 8.81 Å². The Hall–Kier alpha value is -0.790. The van der Waals surface area contributed by atoms with Gasteiger partial charge in [-0.2, -0.15) is 0 Å². The molecule has 206 valence electrons. The fourth-order valence-electron chi connectivity index (χ4n) is 5.49. The minimum absolute atomic E-state index is 1.22. The second-order valence-electron chi connectivity index (χ2n) is 11.3. The molecule has 0 aliphatic heterocycles. The third-order valence-corrected chi connectivity index (χ3v) is 7.82. The summed E-state index contributed by atoms with van der Waals surface area (Å²) in [6.07, 6.45) is 40.1. The van der Waals surface area contributed by atoms with Crippen LogP contribution in [0.15, 0.2) is 12.4 Å². The molecule has 1 rings (SSSR count). The summed E-state index contributed by atoms with van der Waals surface area (Å²) >= 11 is 0. The second kappa shape index (κ2) is 24.9. The van der Waals surface area contributed by atoms with Gasteiger partial charge in [-0.05, 0) is 32.1 Å². The summed E-state index contributed by atoms with van der Waals surface area (Å²) in [4.78, 5) is 0. The predicted octanol–water partition coefficient (Wildman–Crippen LogP) is 10.7. The van der Waals surface area contributed by atoms with Crippen LogP contribution in [0.2, 0.25) is 0 Å². The first-order chi connectivity index (χ1) is 17.3. The molecule has 0 atom stereocenters. The summed E-state index contributed by atoms with van der Waals surface area (Å²) in [6.45, 7) is 9.38. The molecule has 0 aromatic carbocycles. The SMILES string of the molecule is CCCCCCCCCCCCCCn1cc[n+](CCCCCCCCCCCCC)c1CCC. The molecule has 0 unspecified atom stereocenters. The zero-order valence-electron chi connectivity index (χ0n) is 24.6. The van der Waals surface area contributed by atoms with E-state index in [1.165, 1.54) is 174 Å². The van der Waals surface area contributed by atoms with Crippen LogP contribution < -0.4 is 4.57 Å². The van der Waals surface area contributed by atoms with Crippen LogP contribution in [0.25, 0.3) is 0 Å². The number of hydrogen-bond acceptors (Lipinski definition) is 0. The van der Waals surface area contributed by atoms with Crippen LogP contribution in [0.1, 0.15) is 181 Å². The number of rotatable bonds is 27. The van der Waals surface area contributed by atoms with E-state index in [4.69, 9.17) is 0 Å². The van der Waals surface area contributed by atoms with Crippen molar-refractivity contribution in [1.29, 1.82) is 0 Å². The van der Waals surface area contributed by atoms with E-state index in [1.807, 2.05) is 0 Å². The lowest BCUT2D eigenvalue weighted by molar-refractivity contribution is -0.704. The summed E-state index contributed by atoms with van der Waals surface area (Å²) < 4.78 is 5.14. The van der Waals surface area contributed by atoms with Crippen LogP contribution in [-0.4, -0.2) is 4.57 Å². The van der Waals surface area contributed by atoms with E-state index in [2.05, 4.69) is 42.3 Å². The molecule has 2 heteroatoms. The standard InChI is InChI=1S/C33H65N2/c1-4-7-9-11-13-15-17-19-21-23-25-27-30-35-32-31-34(33(35)28-6-3)29-26-24-22-20-18-16-14-12-10-8-5-2/h31-32H,4-30H2,1-3H3/q+1. The summed E-state index contributed by atoms with van der Waals surface area (Å²) in [5, 5.41) is 0. The molecule has 35 heavy (non-hydrogen) atoms. The maximum atomic E-state index is 2.57. The van der Waals surface area contributed by atoms with Crippen LogP contribution in [0.4, 0.5) is 0 Å². The fraction of sp³-hybridized carbons (Fsp3) is 0.909. The van der Waals surface area contributed by atoms with Crippen molar-refractivity contribution in [3.05, 3.63) is 18.2 Å². The maximum absolute atomic E-state index is 2.57. The monoisotopic (exact) mass is 490 g/mol. The first kappa shape index (κ1) is 32.2. The zero-order valence-corrected chi connectivity index (χ0v) is 24.6. The molecule has 0 amide bonds. The number of imidazole rings is 1. The van der Waals surface area contributed by atoms with E-state index in [0.717, 1.165) is 0 Å². The highest BCUT2D eigenvalue weighted by atomic mass is 15.1. The fourth-order valence-corrected chi connectivity index (χ4v) is 5.49. The number of nitrogens with zero attached hydrogens (tertiary/aromatic N) is 2. The number of hydrogen-bond donors (Lipinski definition) is 0. The number of aryl methyl sites for hydroxylation is 2. The van der Waals surface area contributed by atoms with Crippen molar-refractivity contribution in [2.75, 3.05) is 0 Å². The Morgan fingerprint density at radius 1 is 0.486 bits per heavy atom. The summed E-state index contributed by atoms with van der Waals surface area (Å²) in [7, 11) is 0. The molecule has 0 radical (unpaired) electrons. The van der Waals surface area contributed by atoms with Gasteiger partial charge >= 0.3 is 0 Å². The highest BCUT2D eigenvalue weighted by Crippen LogP contribution is 2.14. The molecule has 1 heterocycles. The molecule has 0 aliphatic rings. The number of unbranched alkanes of at least 4 members (excludes halogenated alkanes) is 21. The van der Waals surface area contributed by atoms with Gasteiger partial charge in [-0.1, -0.05) is 143 Å². The Labute approximate surface area is 221 Å². The minimum Gasteiger partial charge on any atom is -0.234 e. The van der Waals surface area contributed by atoms with Gasteiger partial charge in [-0.15, -0.1) is 0 Å². The first-order valence-electron chi connectivity index (χ1n) is 16.4. The average molecular weight is 490 g/mol.